The Morgan fingerprint density at radius 1 is 0.414 bits per heavy atom. The molecule has 0 saturated heterocycles. The van der Waals surface area contributed by atoms with Crippen LogP contribution in [0.3, 0.4) is 0 Å². The quantitative estimate of drug-likeness (QED) is 0.455. The molecule has 142 valence electrons. The lowest BCUT2D eigenvalue weighted by Crippen LogP contribution is -2.07. The molecule has 5 aromatic rings. The fourth-order valence-electron chi connectivity index (χ4n) is 2.70. The van der Waals surface area contributed by atoms with Crippen molar-refractivity contribution in [3.8, 4) is 0 Å². The normalized spacial score (nSPS) is 10.6. The van der Waals surface area contributed by atoms with Crippen molar-refractivity contribution in [3.63, 3.8) is 0 Å². The minimum atomic E-state index is -1.01. The van der Waals surface area contributed by atoms with E-state index < -0.39 is 22.5 Å². The number of para-hydroxylation sites is 2. The summed E-state index contributed by atoms with van der Waals surface area (Å²) >= 11 is 0. The third-order valence-corrected chi connectivity index (χ3v) is 4.16. The molecule has 2 heterocycles. The second-order valence-corrected chi connectivity index (χ2v) is 6.03. The Hall–Kier alpha value is -4.26. The maximum Gasteiger partial charge on any atom is 0.349 e. The highest BCUT2D eigenvalue weighted by atomic mass is 16.4. The van der Waals surface area contributed by atoms with Gasteiger partial charge in [-0.2, -0.15) is 0 Å². The van der Waals surface area contributed by atoms with Gasteiger partial charge >= 0.3 is 22.5 Å². The van der Waals surface area contributed by atoms with Gasteiger partial charge in [-0.25, -0.2) is 19.2 Å². The Morgan fingerprint density at radius 2 is 0.793 bits per heavy atom. The fraction of sp³-hybridized carbons (Fsp3) is 0. The zero-order valence-electron chi connectivity index (χ0n) is 14.8. The van der Waals surface area contributed by atoms with Crippen LogP contribution < -0.4 is 22.5 Å². The van der Waals surface area contributed by atoms with Gasteiger partial charge in [0.05, 0.1) is 10.8 Å². The molecular formula is C22H12O7. The van der Waals surface area contributed by atoms with Gasteiger partial charge in [-0.1, -0.05) is 24.3 Å². The lowest BCUT2D eigenvalue weighted by atomic mass is 10.2. The molecule has 7 heteroatoms. The molecule has 0 saturated carbocycles. The molecule has 29 heavy (non-hydrogen) atoms. The molecule has 0 atom stereocenters. The molecule has 2 bridgehead atoms. The largest absolute Gasteiger partial charge is 0.422 e. The maximum atomic E-state index is 12.5. The van der Waals surface area contributed by atoms with Crippen LogP contribution in [0.25, 0.3) is 32.7 Å². The average molecular weight is 388 g/mol. The van der Waals surface area contributed by atoms with Crippen LogP contribution in [0.1, 0.15) is 0 Å². The van der Waals surface area contributed by atoms with Crippen LogP contribution in [0.5, 0.6) is 0 Å². The zero-order chi connectivity index (χ0) is 20.4. The topological polar surface area (TPSA) is 108 Å². The molecule has 0 unspecified atom stereocenters. The van der Waals surface area contributed by atoms with E-state index in [0.717, 1.165) is 0 Å². The zero-order valence-corrected chi connectivity index (χ0v) is 14.8. The first-order valence-electron chi connectivity index (χ1n) is 8.52. The molecule has 0 amide bonds. The van der Waals surface area contributed by atoms with Crippen LogP contribution >= 0.6 is 0 Å². The van der Waals surface area contributed by atoms with E-state index >= 15 is 0 Å². The van der Waals surface area contributed by atoms with Crippen molar-refractivity contribution in [3.05, 3.63) is 114 Å². The maximum absolute atomic E-state index is 12.5. The molecule has 0 spiro atoms. The molecule has 2 aromatic heterocycles. The van der Waals surface area contributed by atoms with E-state index in [4.69, 9.17) is 13.3 Å². The Bertz CT molecular complexity index is 1450. The van der Waals surface area contributed by atoms with Crippen molar-refractivity contribution in [2.24, 2.45) is 0 Å². The van der Waals surface area contributed by atoms with Crippen LogP contribution in [0.4, 0.5) is 0 Å². The van der Waals surface area contributed by atoms with Crippen molar-refractivity contribution >= 4 is 32.7 Å². The lowest BCUT2D eigenvalue weighted by molar-refractivity contribution is 0.487. The third-order valence-electron chi connectivity index (χ3n) is 4.16. The minimum Gasteiger partial charge on any atom is -0.422 e. The number of hydrogen-bond donors (Lipinski definition) is 0. The standard InChI is InChI=1S/C22H12O7/c23-19-13-9-11-14(12-10-13)20(24)28-18-8-4-2-6-16(18)22(26)29-21(25)15-5-1-3-7-17(15)27-19/h1-12H. The van der Waals surface area contributed by atoms with Gasteiger partial charge in [-0.3, -0.25) is 0 Å². The second kappa shape index (κ2) is 7.40. The van der Waals surface area contributed by atoms with Gasteiger partial charge < -0.3 is 13.3 Å². The van der Waals surface area contributed by atoms with Gasteiger partial charge in [0.1, 0.15) is 21.9 Å². The van der Waals surface area contributed by atoms with Gasteiger partial charge in [-0.15, -0.1) is 0 Å². The third kappa shape index (κ3) is 3.61. The summed E-state index contributed by atoms with van der Waals surface area (Å²) in [5.41, 5.74) is -3.62. The number of fused-ring (bicyclic) bond motifs is 6. The van der Waals surface area contributed by atoms with Crippen molar-refractivity contribution in [1.82, 2.24) is 0 Å². The van der Waals surface area contributed by atoms with Crippen LogP contribution in [0.2, 0.25) is 0 Å². The molecule has 3 aromatic carbocycles. The van der Waals surface area contributed by atoms with E-state index in [1.54, 1.807) is 12.1 Å². The summed E-state index contributed by atoms with van der Waals surface area (Å²) in [6, 6.07) is 17.4. The first kappa shape index (κ1) is 18.1. The summed E-state index contributed by atoms with van der Waals surface area (Å²) in [6.07, 6.45) is 0. The number of rotatable bonds is 0. The predicted octanol–water partition coefficient (Wildman–Crippen LogP) is 3.05. The van der Waals surface area contributed by atoms with Gasteiger partial charge in [0.15, 0.2) is 0 Å². The molecule has 7 nitrogen and oxygen atoms in total. The van der Waals surface area contributed by atoms with Crippen molar-refractivity contribution in [1.29, 1.82) is 0 Å². The van der Waals surface area contributed by atoms with E-state index in [1.165, 1.54) is 60.7 Å². The summed E-state index contributed by atoms with van der Waals surface area (Å²) in [4.78, 5) is 49.8. The molecule has 0 aliphatic rings. The van der Waals surface area contributed by atoms with Gasteiger partial charge in [-0.05, 0) is 48.5 Å². The molecule has 0 N–H and O–H groups in total. The first-order valence-corrected chi connectivity index (χ1v) is 8.52. The van der Waals surface area contributed by atoms with Gasteiger partial charge in [0, 0.05) is 0 Å². The Morgan fingerprint density at radius 3 is 1.21 bits per heavy atom. The molecular weight excluding hydrogens is 376 g/mol. The SMILES string of the molecule is O=c1oc2ccccc2c(=O)oc(=O)c2ccccc2oc(=O)c2ccc1cc2. The highest BCUT2D eigenvalue weighted by Crippen LogP contribution is 2.07. The summed E-state index contributed by atoms with van der Waals surface area (Å²) in [7, 11) is 0. The van der Waals surface area contributed by atoms with Crippen molar-refractivity contribution in [2.45, 2.75) is 0 Å². The monoisotopic (exact) mass is 388 g/mol. The van der Waals surface area contributed by atoms with Crippen molar-refractivity contribution < 1.29 is 13.3 Å². The van der Waals surface area contributed by atoms with Crippen molar-refractivity contribution in [2.75, 3.05) is 0 Å². The summed E-state index contributed by atoms with van der Waals surface area (Å²) in [6.45, 7) is 0. The second-order valence-electron chi connectivity index (χ2n) is 6.03. The molecule has 0 aliphatic heterocycles. The summed E-state index contributed by atoms with van der Waals surface area (Å²) in [5, 5.41) is 0.123. The van der Waals surface area contributed by atoms with Gasteiger partial charge in [0.2, 0.25) is 0 Å². The van der Waals surface area contributed by atoms with E-state index in [1.807, 2.05) is 0 Å². The smallest absolute Gasteiger partial charge is 0.349 e. The fourth-order valence-corrected chi connectivity index (χ4v) is 2.70. The van der Waals surface area contributed by atoms with Crippen LogP contribution in [0.15, 0.2) is 105 Å². The predicted molar refractivity (Wildman–Crippen MR) is 107 cm³/mol. The van der Waals surface area contributed by atoms with Crippen LogP contribution in [-0.4, -0.2) is 0 Å². The van der Waals surface area contributed by atoms with Gasteiger partial charge in [0.25, 0.3) is 0 Å². The lowest BCUT2D eigenvalue weighted by Gasteiger charge is -1.89. The minimum absolute atomic E-state index is 0.0603. The highest BCUT2D eigenvalue weighted by Gasteiger charge is 2.03. The van der Waals surface area contributed by atoms with E-state index in [2.05, 4.69) is 0 Å². The first-order chi connectivity index (χ1) is 14.0. The number of hydrogen-bond acceptors (Lipinski definition) is 7. The Labute approximate surface area is 161 Å². The summed E-state index contributed by atoms with van der Waals surface area (Å²) in [5.74, 6) is 0. The number of benzene rings is 3. The highest BCUT2D eigenvalue weighted by molar-refractivity contribution is 5.75. The summed E-state index contributed by atoms with van der Waals surface area (Å²) < 4.78 is 15.5. The van der Waals surface area contributed by atoms with E-state index in [0.29, 0.717) is 0 Å². The molecule has 0 fully saturated rings. The Balaban J connectivity index is 2.34. The van der Waals surface area contributed by atoms with Crippen LogP contribution in [-0.2, 0) is 0 Å². The average Bonchev–Trinajstić information content (AvgIpc) is 2.74. The van der Waals surface area contributed by atoms with E-state index in [9.17, 15) is 19.2 Å². The molecule has 0 aliphatic carbocycles. The molecule has 5 rings (SSSR count). The Kier molecular flexibility index (Phi) is 4.62. The molecule has 0 radical (unpaired) electrons. The van der Waals surface area contributed by atoms with Crippen LogP contribution in [0, 0.1) is 0 Å². The van der Waals surface area contributed by atoms with E-state index in [-0.39, 0.29) is 32.7 Å².